The van der Waals surface area contributed by atoms with Crippen LogP contribution in [-0.4, -0.2) is 34.1 Å². The van der Waals surface area contributed by atoms with Crippen molar-refractivity contribution in [1.82, 2.24) is 14.5 Å². The second-order valence-electron chi connectivity index (χ2n) is 4.81. The highest BCUT2D eigenvalue weighted by Crippen LogP contribution is 2.26. The minimum absolute atomic E-state index is 0.305. The molecule has 4 nitrogen and oxygen atoms in total. The SMILES string of the molecule is CCN(CC)CC(C)n1c(N)nc2ccc(Br)cc21. The van der Waals surface area contributed by atoms with E-state index in [0.29, 0.717) is 12.0 Å². The Labute approximate surface area is 122 Å². The molecule has 0 saturated carbocycles. The number of rotatable bonds is 5. The van der Waals surface area contributed by atoms with E-state index < -0.39 is 0 Å². The first-order valence-corrected chi connectivity index (χ1v) is 7.51. The van der Waals surface area contributed by atoms with E-state index in [9.17, 15) is 0 Å². The molecule has 0 fully saturated rings. The maximum Gasteiger partial charge on any atom is 0.201 e. The third-order valence-electron chi connectivity index (χ3n) is 3.54. The van der Waals surface area contributed by atoms with Crippen LogP contribution in [0.4, 0.5) is 5.95 Å². The molecule has 0 radical (unpaired) electrons. The molecule has 1 aromatic heterocycles. The Morgan fingerprint density at radius 3 is 2.68 bits per heavy atom. The van der Waals surface area contributed by atoms with E-state index in [0.717, 1.165) is 35.1 Å². The Bertz CT molecular complexity index is 560. The molecular weight excluding hydrogens is 304 g/mol. The van der Waals surface area contributed by atoms with Crippen LogP contribution in [-0.2, 0) is 0 Å². The average molecular weight is 325 g/mol. The maximum atomic E-state index is 6.08. The topological polar surface area (TPSA) is 47.1 Å². The van der Waals surface area contributed by atoms with Gasteiger partial charge >= 0.3 is 0 Å². The summed E-state index contributed by atoms with van der Waals surface area (Å²) in [5.74, 6) is 0.591. The third kappa shape index (κ3) is 2.92. The summed E-state index contributed by atoms with van der Waals surface area (Å²) in [5, 5.41) is 0. The fourth-order valence-corrected chi connectivity index (χ4v) is 2.83. The van der Waals surface area contributed by atoms with Crippen molar-refractivity contribution in [2.24, 2.45) is 0 Å². The van der Waals surface area contributed by atoms with Gasteiger partial charge in [0.1, 0.15) is 0 Å². The number of aromatic nitrogens is 2. The van der Waals surface area contributed by atoms with Gasteiger partial charge in [-0.3, -0.25) is 0 Å². The van der Waals surface area contributed by atoms with Crippen LogP contribution in [0.3, 0.4) is 0 Å². The number of hydrogen-bond acceptors (Lipinski definition) is 3. The second-order valence-corrected chi connectivity index (χ2v) is 5.72. The van der Waals surface area contributed by atoms with E-state index in [4.69, 9.17) is 5.73 Å². The minimum Gasteiger partial charge on any atom is -0.369 e. The number of nitrogens with two attached hydrogens (primary N) is 1. The maximum absolute atomic E-state index is 6.08. The zero-order valence-electron chi connectivity index (χ0n) is 11.7. The van der Waals surface area contributed by atoms with Gasteiger partial charge in [-0.1, -0.05) is 29.8 Å². The molecule has 1 heterocycles. The second kappa shape index (κ2) is 5.92. The Hall–Kier alpha value is -1.07. The Morgan fingerprint density at radius 2 is 2.05 bits per heavy atom. The van der Waals surface area contributed by atoms with Crippen LogP contribution in [0.15, 0.2) is 22.7 Å². The lowest BCUT2D eigenvalue weighted by molar-refractivity contribution is 0.264. The standard InChI is InChI=1S/C14H21BrN4/c1-4-18(5-2)9-10(3)19-13-8-11(15)6-7-12(13)17-14(19)16/h6-8,10H,4-5,9H2,1-3H3,(H2,16,17). The van der Waals surface area contributed by atoms with E-state index in [1.165, 1.54) is 0 Å². The number of fused-ring (bicyclic) bond motifs is 1. The predicted molar refractivity (Wildman–Crippen MR) is 84.3 cm³/mol. The highest BCUT2D eigenvalue weighted by molar-refractivity contribution is 9.10. The molecule has 0 amide bonds. The monoisotopic (exact) mass is 324 g/mol. The molecule has 19 heavy (non-hydrogen) atoms. The van der Waals surface area contributed by atoms with Crippen LogP contribution < -0.4 is 5.73 Å². The third-order valence-corrected chi connectivity index (χ3v) is 4.03. The molecule has 2 rings (SSSR count). The van der Waals surface area contributed by atoms with Crippen molar-refractivity contribution in [2.75, 3.05) is 25.4 Å². The van der Waals surface area contributed by atoms with Crippen molar-refractivity contribution in [3.63, 3.8) is 0 Å². The number of halogens is 1. The molecule has 5 heteroatoms. The van der Waals surface area contributed by atoms with Gasteiger partial charge in [0.2, 0.25) is 5.95 Å². The summed E-state index contributed by atoms with van der Waals surface area (Å²) in [7, 11) is 0. The number of imidazole rings is 1. The summed E-state index contributed by atoms with van der Waals surface area (Å²) in [6.07, 6.45) is 0. The molecule has 0 spiro atoms. The Morgan fingerprint density at radius 1 is 1.37 bits per heavy atom. The van der Waals surface area contributed by atoms with Crippen LogP contribution in [0.25, 0.3) is 11.0 Å². The van der Waals surface area contributed by atoms with Crippen LogP contribution in [0.5, 0.6) is 0 Å². The van der Waals surface area contributed by atoms with E-state index in [1.807, 2.05) is 12.1 Å². The van der Waals surface area contributed by atoms with Gasteiger partial charge in [-0.05, 0) is 38.2 Å². The van der Waals surface area contributed by atoms with Gasteiger partial charge in [-0.15, -0.1) is 0 Å². The van der Waals surface area contributed by atoms with Gasteiger partial charge < -0.3 is 15.2 Å². The summed E-state index contributed by atoms with van der Waals surface area (Å²) in [4.78, 5) is 6.83. The van der Waals surface area contributed by atoms with Gasteiger partial charge in [-0.2, -0.15) is 0 Å². The number of nitrogens with zero attached hydrogens (tertiary/aromatic N) is 3. The summed E-state index contributed by atoms with van der Waals surface area (Å²) < 4.78 is 3.18. The highest BCUT2D eigenvalue weighted by Gasteiger charge is 2.16. The normalized spacial score (nSPS) is 13.3. The lowest BCUT2D eigenvalue weighted by Crippen LogP contribution is -2.29. The first-order chi connectivity index (χ1) is 9.06. The van der Waals surface area contributed by atoms with Gasteiger partial charge in [-0.25, -0.2) is 4.98 Å². The highest BCUT2D eigenvalue weighted by atomic mass is 79.9. The smallest absolute Gasteiger partial charge is 0.201 e. The zero-order chi connectivity index (χ0) is 14.0. The molecule has 0 saturated heterocycles. The van der Waals surface area contributed by atoms with Crippen LogP contribution in [0.2, 0.25) is 0 Å². The minimum atomic E-state index is 0.305. The Balaban J connectivity index is 2.37. The molecule has 0 aliphatic carbocycles. The number of hydrogen-bond donors (Lipinski definition) is 1. The summed E-state index contributed by atoms with van der Waals surface area (Å²) in [6, 6.07) is 6.38. The van der Waals surface area contributed by atoms with Gasteiger partial charge in [0.05, 0.1) is 11.0 Å². The average Bonchev–Trinajstić information content (AvgIpc) is 2.71. The molecule has 104 valence electrons. The number of nitrogen functional groups attached to an aromatic ring is 1. The van der Waals surface area contributed by atoms with Crippen molar-refractivity contribution in [3.05, 3.63) is 22.7 Å². The zero-order valence-corrected chi connectivity index (χ0v) is 13.3. The molecule has 0 aliphatic heterocycles. The lowest BCUT2D eigenvalue weighted by atomic mass is 10.2. The fraction of sp³-hybridized carbons (Fsp3) is 0.500. The number of anilines is 1. The van der Waals surface area contributed by atoms with Gasteiger partial charge in [0, 0.05) is 17.1 Å². The van der Waals surface area contributed by atoms with E-state index >= 15 is 0 Å². The van der Waals surface area contributed by atoms with E-state index in [1.54, 1.807) is 0 Å². The molecule has 1 unspecified atom stereocenters. The van der Waals surface area contributed by atoms with Crippen molar-refractivity contribution in [3.8, 4) is 0 Å². The summed E-state index contributed by atoms with van der Waals surface area (Å²) >= 11 is 3.51. The lowest BCUT2D eigenvalue weighted by Gasteiger charge is -2.24. The molecule has 1 aromatic carbocycles. The number of benzene rings is 1. The number of likely N-dealkylation sites (N-methyl/N-ethyl adjacent to an activating group) is 1. The molecule has 0 bridgehead atoms. The van der Waals surface area contributed by atoms with E-state index in [-0.39, 0.29) is 0 Å². The summed E-state index contributed by atoms with van der Waals surface area (Å²) in [5.41, 5.74) is 8.12. The van der Waals surface area contributed by atoms with Crippen molar-refractivity contribution < 1.29 is 0 Å². The fourth-order valence-electron chi connectivity index (χ4n) is 2.49. The first-order valence-electron chi connectivity index (χ1n) is 6.72. The Kier molecular flexibility index (Phi) is 4.47. The van der Waals surface area contributed by atoms with Crippen molar-refractivity contribution in [2.45, 2.75) is 26.8 Å². The van der Waals surface area contributed by atoms with Crippen LogP contribution in [0, 0.1) is 0 Å². The van der Waals surface area contributed by atoms with Crippen LogP contribution in [0.1, 0.15) is 26.8 Å². The van der Waals surface area contributed by atoms with Crippen molar-refractivity contribution in [1.29, 1.82) is 0 Å². The quantitative estimate of drug-likeness (QED) is 0.918. The van der Waals surface area contributed by atoms with Gasteiger partial charge in [0.25, 0.3) is 0 Å². The molecule has 1 atom stereocenters. The largest absolute Gasteiger partial charge is 0.369 e. The van der Waals surface area contributed by atoms with Crippen molar-refractivity contribution >= 4 is 32.9 Å². The first kappa shape index (κ1) is 14.3. The molecule has 2 aromatic rings. The molecule has 2 N–H and O–H groups in total. The van der Waals surface area contributed by atoms with E-state index in [2.05, 4.69) is 57.2 Å². The molecular formula is C14H21BrN4. The van der Waals surface area contributed by atoms with Gasteiger partial charge in [0.15, 0.2) is 0 Å². The predicted octanol–water partition coefficient (Wildman–Crippen LogP) is 3.28. The summed E-state index contributed by atoms with van der Waals surface area (Å²) in [6.45, 7) is 9.64. The molecule has 0 aliphatic rings. The van der Waals surface area contributed by atoms with Crippen LogP contribution >= 0.6 is 15.9 Å².